The lowest BCUT2D eigenvalue weighted by molar-refractivity contribution is -0.148. The van der Waals surface area contributed by atoms with Crippen LogP contribution in [0.25, 0.3) is 0 Å². The van der Waals surface area contributed by atoms with Gasteiger partial charge in [-0.15, -0.1) is 0 Å². The van der Waals surface area contributed by atoms with E-state index in [-0.39, 0.29) is 12.3 Å². The number of primary amides is 1. The van der Waals surface area contributed by atoms with Crippen LogP contribution in [0, 0.1) is 11.8 Å². The fourth-order valence-electron chi connectivity index (χ4n) is 4.80. The maximum absolute atomic E-state index is 13.5. The highest BCUT2D eigenvalue weighted by atomic mass is 16.4. The minimum absolute atomic E-state index is 0.0517. The number of nitrogens with two attached hydrogens (primary N) is 1. The molecule has 56 heavy (non-hydrogen) atoms. The van der Waals surface area contributed by atoms with Gasteiger partial charge in [0.15, 0.2) is 6.10 Å². The van der Waals surface area contributed by atoms with E-state index in [1.807, 2.05) is 21.3 Å². The van der Waals surface area contributed by atoms with Crippen LogP contribution in [0.2, 0.25) is 0 Å². The number of carbonyl (C=O) groups is 10. The van der Waals surface area contributed by atoms with Crippen molar-refractivity contribution in [1.82, 2.24) is 42.5 Å². The Morgan fingerprint density at radius 2 is 1.23 bits per heavy atom. The van der Waals surface area contributed by atoms with Gasteiger partial charge in [-0.1, -0.05) is 27.7 Å². The largest absolute Gasteiger partial charge is 0.479 e. The Kier molecular flexibility index (Phi) is 19.2. The van der Waals surface area contributed by atoms with E-state index >= 15 is 0 Å². The molecule has 1 heterocycles. The number of carboxylic acids is 1. The minimum Gasteiger partial charge on any atom is -0.479 e. The summed E-state index contributed by atoms with van der Waals surface area (Å²) in [4.78, 5) is 128. The Morgan fingerprint density at radius 1 is 0.714 bits per heavy atom. The van der Waals surface area contributed by atoms with Gasteiger partial charge in [-0.25, -0.2) is 4.79 Å². The van der Waals surface area contributed by atoms with Crippen molar-refractivity contribution in [1.29, 1.82) is 0 Å². The van der Waals surface area contributed by atoms with Crippen molar-refractivity contribution in [3.8, 4) is 0 Å². The van der Waals surface area contributed by atoms with Crippen LogP contribution in [0.1, 0.15) is 41.0 Å². The zero-order valence-corrected chi connectivity index (χ0v) is 31.1. The number of nitrogens with one attached hydrogen (secondary N) is 8. The van der Waals surface area contributed by atoms with Crippen LogP contribution in [-0.2, 0) is 47.9 Å². The van der Waals surface area contributed by atoms with Crippen molar-refractivity contribution in [3.05, 3.63) is 0 Å². The topological polar surface area (TPSA) is 414 Å². The van der Waals surface area contributed by atoms with Gasteiger partial charge in [0.1, 0.15) is 42.4 Å². The average Bonchev–Trinajstić information content (AvgIpc) is 3.10. The Hall–Kier alpha value is -5.50. The molecule has 1 saturated heterocycles. The molecule has 0 saturated carbocycles. The lowest BCUT2D eigenvalue weighted by Gasteiger charge is -2.31. The molecule has 0 aliphatic carbocycles. The Balaban J connectivity index is 3.78. The first kappa shape index (κ1) is 48.5. The smallest absolute Gasteiger partial charge is 0.336 e. The molecule has 0 aromatic carbocycles. The summed E-state index contributed by atoms with van der Waals surface area (Å²) in [6, 6.07) is -12.3. The Bertz CT molecular complexity index is 1490. The molecule has 25 heteroatoms. The molecule has 1 fully saturated rings. The van der Waals surface area contributed by atoms with Gasteiger partial charge in [-0.2, -0.15) is 0 Å². The fourth-order valence-corrected chi connectivity index (χ4v) is 4.80. The maximum Gasteiger partial charge on any atom is 0.336 e. The van der Waals surface area contributed by atoms with Crippen LogP contribution in [0.15, 0.2) is 0 Å². The number of aliphatic hydroxyl groups excluding tert-OH is 5. The quantitative estimate of drug-likeness (QED) is 0.0862. The first-order valence-electron chi connectivity index (χ1n) is 17.1. The number of carboxylic acid groups (broad SMARTS) is 1. The second-order valence-corrected chi connectivity index (χ2v) is 13.5. The highest BCUT2D eigenvalue weighted by molar-refractivity contribution is 6.06. The summed E-state index contributed by atoms with van der Waals surface area (Å²) in [5.41, 5.74) is 5.04. The highest BCUT2D eigenvalue weighted by Gasteiger charge is 2.41. The number of carbonyl (C=O) groups excluding carboxylic acids is 9. The van der Waals surface area contributed by atoms with E-state index in [4.69, 9.17) is 5.73 Å². The summed E-state index contributed by atoms with van der Waals surface area (Å²) in [6.07, 6.45) is -9.18. The number of rotatable bonds is 11. The van der Waals surface area contributed by atoms with Gasteiger partial charge in [0.05, 0.1) is 19.3 Å². The van der Waals surface area contributed by atoms with Crippen LogP contribution in [0.4, 0.5) is 0 Å². The molecule has 16 N–H and O–H groups in total. The normalized spacial score (nSPS) is 27.0. The van der Waals surface area contributed by atoms with Gasteiger partial charge < -0.3 is 78.9 Å². The van der Waals surface area contributed by atoms with Crippen molar-refractivity contribution < 1.29 is 78.6 Å². The predicted molar refractivity (Wildman–Crippen MR) is 186 cm³/mol. The van der Waals surface area contributed by atoms with E-state index in [0.717, 1.165) is 6.92 Å². The van der Waals surface area contributed by atoms with Crippen molar-refractivity contribution in [2.75, 3.05) is 19.7 Å². The van der Waals surface area contributed by atoms with Gasteiger partial charge in [0, 0.05) is 13.0 Å². The number of aliphatic hydroxyl groups is 5. The van der Waals surface area contributed by atoms with Crippen molar-refractivity contribution in [2.24, 2.45) is 17.6 Å². The summed E-state index contributed by atoms with van der Waals surface area (Å²) in [7, 11) is 0. The number of aliphatic carboxylic acids is 1. The molecule has 0 aromatic heterocycles. The first-order valence-corrected chi connectivity index (χ1v) is 17.1. The van der Waals surface area contributed by atoms with E-state index in [0.29, 0.717) is 0 Å². The highest BCUT2D eigenvalue weighted by Crippen LogP contribution is 2.09. The summed E-state index contributed by atoms with van der Waals surface area (Å²) in [5.74, 6) is -15.1. The van der Waals surface area contributed by atoms with Crippen LogP contribution >= 0.6 is 0 Å². The molecule has 4 unspecified atom stereocenters. The average molecular weight is 806 g/mol. The molecular formula is C31H51N9O16. The summed E-state index contributed by atoms with van der Waals surface area (Å²) in [6.45, 7) is 4.23. The lowest BCUT2D eigenvalue weighted by Crippen LogP contribution is -2.66. The van der Waals surface area contributed by atoms with Gasteiger partial charge >= 0.3 is 5.97 Å². The molecule has 1 aliphatic heterocycles. The predicted octanol–water partition coefficient (Wildman–Crippen LogP) is -9.13. The number of hydrogen-bond acceptors (Lipinski definition) is 15. The molecular weight excluding hydrogens is 754 g/mol. The van der Waals surface area contributed by atoms with Crippen LogP contribution in [0.5, 0.6) is 0 Å². The summed E-state index contributed by atoms with van der Waals surface area (Å²) in [5, 5.41) is 77.5. The zero-order valence-electron chi connectivity index (χ0n) is 31.1. The number of β-amino-alcohol motifs (C(OH)–C–C–N with tert-alkyl or cyclic N) is 1. The minimum atomic E-state index is -2.52. The lowest BCUT2D eigenvalue weighted by atomic mass is 9.99. The molecule has 10 atom stereocenters. The first-order chi connectivity index (χ1) is 25.9. The molecule has 1 aliphatic rings. The number of hydrogen-bond donors (Lipinski definition) is 15. The zero-order chi connectivity index (χ0) is 43.2. The monoisotopic (exact) mass is 805 g/mol. The molecule has 25 nitrogen and oxygen atoms in total. The molecule has 9 amide bonds. The summed E-state index contributed by atoms with van der Waals surface area (Å²) >= 11 is 0. The van der Waals surface area contributed by atoms with Crippen LogP contribution < -0.4 is 48.3 Å². The SMILES string of the molecule is CC(C)CC(=O)NCC1NC(=O)[C@H](C(=O)O)NC(=O)[C@H](O)CNC(=O)[C@@H]([C@H](C)O)NC(=O)[C@H](C(O)C(O)C(N)=O)NC(=O)[C@@H](C(C)C)NC(=O)C(CO)NC1=O. The summed E-state index contributed by atoms with van der Waals surface area (Å²) < 4.78 is 0. The molecule has 316 valence electrons. The van der Waals surface area contributed by atoms with Gasteiger partial charge in [-0.05, 0) is 18.8 Å². The van der Waals surface area contributed by atoms with Crippen molar-refractivity contribution >= 4 is 59.1 Å². The van der Waals surface area contributed by atoms with Gasteiger partial charge in [-0.3, -0.25) is 43.2 Å². The van der Waals surface area contributed by atoms with E-state index in [9.17, 15) is 78.6 Å². The Labute approximate surface area is 319 Å². The Morgan fingerprint density at radius 3 is 1.73 bits per heavy atom. The molecule has 0 aromatic rings. The molecule has 0 bridgehead atoms. The standard InChI is InChI=1S/C31H51N9O16/c1-10(2)6-16(44)33-7-13-24(48)36-14(9-41)25(49)37-17(11(3)4)28(52)39-19(21(45)22(46)23(32)47)29(53)38-18(12(5)42)27(51)34-8-15(43)26(50)40-20(31(55)56)30(54)35-13/h10-15,17-22,41-43,45-46H,6-9H2,1-5H3,(H2,32,47)(H,33,44)(H,34,51)(H,35,54)(H,36,48)(H,37,49)(H,38,53)(H,39,52)(H,40,50)(H,55,56)/t12-,13?,14?,15+,17+,18+,19-,20+,21?,22?/m0/s1. The van der Waals surface area contributed by atoms with E-state index < -0.39 is 145 Å². The third-order valence-electron chi connectivity index (χ3n) is 7.96. The molecule has 1 rings (SSSR count). The van der Waals surface area contributed by atoms with Crippen molar-refractivity contribution in [2.45, 2.75) is 102 Å². The fraction of sp³-hybridized carbons (Fsp3) is 0.677. The third-order valence-corrected chi connectivity index (χ3v) is 7.96. The second kappa shape index (κ2) is 22.2. The van der Waals surface area contributed by atoms with Crippen LogP contribution in [0.3, 0.4) is 0 Å². The molecule has 0 spiro atoms. The maximum atomic E-state index is 13.5. The van der Waals surface area contributed by atoms with Gasteiger partial charge in [0.25, 0.3) is 11.8 Å². The van der Waals surface area contributed by atoms with Gasteiger partial charge in [0.2, 0.25) is 47.4 Å². The van der Waals surface area contributed by atoms with E-state index in [1.54, 1.807) is 19.2 Å². The second-order valence-electron chi connectivity index (χ2n) is 13.5. The van der Waals surface area contributed by atoms with Crippen LogP contribution in [-0.4, -0.2) is 170 Å². The molecule has 0 radical (unpaired) electrons. The van der Waals surface area contributed by atoms with E-state index in [1.165, 1.54) is 13.8 Å². The van der Waals surface area contributed by atoms with Crippen molar-refractivity contribution in [3.63, 3.8) is 0 Å². The third kappa shape index (κ3) is 14.6. The van der Waals surface area contributed by atoms with E-state index in [2.05, 4.69) is 16.0 Å². The number of amides is 9.